The Labute approximate surface area is 112 Å². The van der Waals surface area contributed by atoms with Gasteiger partial charge in [0, 0.05) is 26.8 Å². The number of nitrogens with one attached hydrogen (secondary N) is 1. The van der Waals surface area contributed by atoms with Crippen molar-refractivity contribution >= 4 is 11.4 Å². The molecule has 1 N–H and O–H groups in total. The lowest BCUT2D eigenvalue weighted by Crippen LogP contribution is -2.15. The van der Waals surface area contributed by atoms with Crippen LogP contribution in [0.2, 0.25) is 0 Å². The molecule has 0 saturated heterocycles. The summed E-state index contributed by atoms with van der Waals surface area (Å²) < 4.78 is 10.1. The minimum Gasteiger partial charge on any atom is -0.379 e. The van der Waals surface area contributed by atoms with Crippen molar-refractivity contribution in [2.75, 3.05) is 26.1 Å². The predicted molar refractivity (Wildman–Crippen MR) is 73.4 cm³/mol. The lowest BCUT2D eigenvalue weighted by molar-refractivity contribution is -0.384. The van der Waals surface area contributed by atoms with Crippen molar-refractivity contribution in [2.45, 2.75) is 26.1 Å². The molecule has 0 aliphatic rings. The van der Waals surface area contributed by atoms with E-state index in [4.69, 9.17) is 9.47 Å². The number of benzene rings is 1. The van der Waals surface area contributed by atoms with Gasteiger partial charge in [0.15, 0.2) is 6.29 Å². The van der Waals surface area contributed by atoms with Crippen molar-refractivity contribution in [3.63, 3.8) is 0 Å². The lowest BCUT2D eigenvalue weighted by atomic mass is 10.2. The first-order valence-electron chi connectivity index (χ1n) is 6.13. The molecular formula is C13H20N2O4. The molecule has 0 aliphatic carbocycles. The van der Waals surface area contributed by atoms with Crippen molar-refractivity contribution in [1.82, 2.24) is 0 Å². The third-order valence-corrected chi connectivity index (χ3v) is 2.81. The van der Waals surface area contributed by atoms with Crippen molar-refractivity contribution in [3.05, 3.63) is 33.9 Å². The first kappa shape index (κ1) is 15.4. The standard InChI is InChI=1S/C13H20N2O4/c1-10-6-7-12(15(16)17)11(9-10)14-8-4-5-13(18-2)19-3/h6-7,9,13-14H,4-5,8H2,1-3H3. The highest BCUT2D eigenvalue weighted by atomic mass is 16.7. The first-order valence-corrected chi connectivity index (χ1v) is 6.13. The Kier molecular flexibility index (Phi) is 6.24. The molecule has 0 fully saturated rings. The summed E-state index contributed by atoms with van der Waals surface area (Å²) in [4.78, 5) is 10.5. The molecule has 6 nitrogen and oxygen atoms in total. The number of methoxy groups -OCH3 is 2. The summed E-state index contributed by atoms with van der Waals surface area (Å²) in [6.45, 7) is 2.54. The molecule has 6 heteroatoms. The predicted octanol–water partition coefficient (Wildman–Crippen LogP) is 2.71. The summed E-state index contributed by atoms with van der Waals surface area (Å²) in [5.74, 6) is 0. The molecule has 0 atom stereocenters. The Hall–Kier alpha value is -1.66. The summed E-state index contributed by atoms with van der Waals surface area (Å²) >= 11 is 0. The Morgan fingerprint density at radius 1 is 1.37 bits per heavy atom. The van der Waals surface area contributed by atoms with Gasteiger partial charge in [0.05, 0.1) is 4.92 Å². The van der Waals surface area contributed by atoms with E-state index in [-0.39, 0.29) is 16.9 Å². The highest BCUT2D eigenvalue weighted by molar-refractivity contribution is 5.62. The minimum atomic E-state index is -0.380. The van der Waals surface area contributed by atoms with Gasteiger partial charge in [-0.3, -0.25) is 10.1 Å². The van der Waals surface area contributed by atoms with Gasteiger partial charge in [-0.2, -0.15) is 0 Å². The summed E-state index contributed by atoms with van der Waals surface area (Å²) in [7, 11) is 3.18. The van der Waals surface area contributed by atoms with E-state index >= 15 is 0 Å². The van der Waals surface area contributed by atoms with Gasteiger partial charge in [0.2, 0.25) is 0 Å². The maximum absolute atomic E-state index is 10.9. The molecular weight excluding hydrogens is 248 g/mol. The Bertz CT molecular complexity index is 419. The van der Waals surface area contributed by atoms with E-state index in [0.717, 1.165) is 18.4 Å². The van der Waals surface area contributed by atoms with Crippen molar-refractivity contribution in [1.29, 1.82) is 0 Å². The van der Waals surface area contributed by atoms with Crippen LogP contribution in [0.5, 0.6) is 0 Å². The quantitative estimate of drug-likeness (QED) is 0.339. The molecule has 0 radical (unpaired) electrons. The number of nitro groups is 1. The number of ether oxygens (including phenoxy) is 2. The third kappa shape index (κ3) is 4.84. The molecule has 0 spiro atoms. The molecule has 0 amide bonds. The number of aryl methyl sites for hydroxylation is 1. The van der Waals surface area contributed by atoms with Gasteiger partial charge in [-0.05, 0) is 31.4 Å². The van der Waals surface area contributed by atoms with Gasteiger partial charge in [-0.1, -0.05) is 6.07 Å². The van der Waals surface area contributed by atoms with Gasteiger partial charge < -0.3 is 14.8 Å². The van der Waals surface area contributed by atoms with E-state index in [9.17, 15) is 10.1 Å². The van der Waals surface area contributed by atoms with E-state index in [1.807, 2.05) is 6.92 Å². The lowest BCUT2D eigenvalue weighted by Gasteiger charge is -2.13. The summed E-state index contributed by atoms with van der Waals surface area (Å²) in [5, 5.41) is 14.0. The Morgan fingerprint density at radius 3 is 2.63 bits per heavy atom. The first-order chi connectivity index (χ1) is 9.08. The molecule has 1 aromatic carbocycles. The van der Waals surface area contributed by atoms with Crippen LogP contribution in [-0.2, 0) is 9.47 Å². The smallest absolute Gasteiger partial charge is 0.292 e. The molecule has 1 aromatic rings. The maximum Gasteiger partial charge on any atom is 0.292 e. The molecule has 1 rings (SSSR count). The number of hydrogen-bond acceptors (Lipinski definition) is 5. The fraction of sp³-hybridized carbons (Fsp3) is 0.538. The molecule has 0 aromatic heterocycles. The topological polar surface area (TPSA) is 73.6 Å². The molecule has 19 heavy (non-hydrogen) atoms. The van der Waals surface area contributed by atoms with Crippen molar-refractivity contribution in [2.24, 2.45) is 0 Å². The minimum absolute atomic E-state index is 0.0978. The van der Waals surface area contributed by atoms with Crippen LogP contribution < -0.4 is 5.32 Å². The van der Waals surface area contributed by atoms with Crippen LogP contribution in [0, 0.1) is 17.0 Å². The largest absolute Gasteiger partial charge is 0.379 e. The maximum atomic E-state index is 10.9. The molecule has 0 aliphatic heterocycles. The molecule has 0 unspecified atom stereocenters. The van der Waals surface area contributed by atoms with E-state index in [2.05, 4.69) is 5.32 Å². The van der Waals surface area contributed by atoms with Crippen LogP contribution in [-0.4, -0.2) is 32.0 Å². The normalized spacial score (nSPS) is 10.7. The van der Waals surface area contributed by atoms with Crippen LogP contribution in [0.15, 0.2) is 18.2 Å². The summed E-state index contributed by atoms with van der Waals surface area (Å²) in [6.07, 6.45) is 1.31. The van der Waals surface area contributed by atoms with E-state index < -0.39 is 0 Å². The van der Waals surface area contributed by atoms with Crippen LogP contribution in [0.4, 0.5) is 11.4 Å². The second-order valence-electron chi connectivity index (χ2n) is 4.25. The van der Waals surface area contributed by atoms with Crippen LogP contribution >= 0.6 is 0 Å². The van der Waals surface area contributed by atoms with Gasteiger partial charge in [-0.25, -0.2) is 0 Å². The average Bonchev–Trinajstić information content (AvgIpc) is 2.38. The number of nitro benzene ring substituents is 1. The zero-order valence-electron chi connectivity index (χ0n) is 11.5. The third-order valence-electron chi connectivity index (χ3n) is 2.81. The number of anilines is 1. The fourth-order valence-corrected chi connectivity index (χ4v) is 1.77. The van der Waals surface area contributed by atoms with Crippen molar-refractivity contribution < 1.29 is 14.4 Å². The summed E-state index contributed by atoms with van der Waals surface area (Å²) in [5.41, 5.74) is 1.64. The molecule has 0 heterocycles. The molecule has 0 saturated carbocycles. The zero-order valence-corrected chi connectivity index (χ0v) is 11.5. The Balaban J connectivity index is 2.53. The number of hydrogen-bond donors (Lipinski definition) is 1. The fourth-order valence-electron chi connectivity index (χ4n) is 1.77. The van der Waals surface area contributed by atoms with Gasteiger partial charge in [0.1, 0.15) is 5.69 Å². The summed E-state index contributed by atoms with van der Waals surface area (Å²) in [6, 6.07) is 5.03. The Morgan fingerprint density at radius 2 is 2.05 bits per heavy atom. The van der Waals surface area contributed by atoms with E-state index in [1.165, 1.54) is 6.07 Å². The van der Waals surface area contributed by atoms with E-state index in [0.29, 0.717) is 12.2 Å². The SMILES string of the molecule is COC(CCCNc1cc(C)ccc1[N+](=O)[O-])OC. The van der Waals surface area contributed by atoms with E-state index in [1.54, 1.807) is 26.4 Å². The van der Waals surface area contributed by atoms with Crippen LogP contribution in [0.1, 0.15) is 18.4 Å². The number of rotatable bonds is 8. The van der Waals surface area contributed by atoms with Crippen molar-refractivity contribution in [3.8, 4) is 0 Å². The molecule has 106 valence electrons. The van der Waals surface area contributed by atoms with Crippen LogP contribution in [0.25, 0.3) is 0 Å². The van der Waals surface area contributed by atoms with Gasteiger partial charge in [-0.15, -0.1) is 0 Å². The second kappa shape index (κ2) is 7.70. The van der Waals surface area contributed by atoms with Gasteiger partial charge >= 0.3 is 0 Å². The van der Waals surface area contributed by atoms with Crippen LogP contribution in [0.3, 0.4) is 0 Å². The van der Waals surface area contributed by atoms with Gasteiger partial charge in [0.25, 0.3) is 5.69 Å². The number of nitrogens with zero attached hydrogens (tertiary/aromatic N) is 1. The second-order valence-corrected chi connectivity index (χ2v) is 4.25. The highest BCUT2D eigenvalue weighted by Crippen LogP contribution is 2.25. The zero-order chi connectivity index (χ0) is 14.3. The molecule has 0 bridgehead atoms. The monoisotopic (exact) mass is 268 g/mol. The highest BCUT2D eigenvalue weighted by Gasteiger charge is 2.13. The average molecular weight is 268 g/mol.